The fourth-order valence-corrected chi connectivity index (χ4v) is 1.75. The number of carbonyl (C=O) groups excluding carboxylic acids is 2. The highest BCUT2D eigenvalue weighted by molar-refractivity contribution is 6.52. The van der Waals surface area contributed by atoms with Crippen LogP contribution < -0.4 is 5.32 Å². The third-order valence-corrected chi connectivity index (χ3v) is 2.55. The van der Waals surface area contributed by atoms with Gasteiger partial charge in [0.15, 0.2) is 0 Å². The molecule has 1 aliphatic heterocycles. The zero-order chi connectivity index (χ0) is 10.3. The third kappa shape index (κ3) is 1.05. The van der Waals surface area contributed by atoms with Crippen LogP contribution in [0.2, 0.25) is 0 Å². The standard InChI is InChI=1S/C11H11NO2/c1-3-7-5-4-6(2)9-8(7)10(13)11(14)12-9/h4-5H,3H2,1-2H3,(H,12,13,14). The monoisotopic (exact) mass is 189 g/mol. The second-order valence-electron chi connectivity index (χ2n) is 3.43. The molecule has 0 radical (unpaired) electrons. The number of rotatable bonds is 1. The average molecular weight is 189 g/mol. The van der Waals surface area contributed by atoms with Crippen LogP contribution >= 0.6 is 0 Å². The summed E-state index contributed by atoms with van der Waals surface area (Å²) in [5, 5.41) is 2.60. The molecule has 1 heterocycles. The molecule has 0 fully saturated rings. The van der Waals surface area contributed by atoms with Gasteiger partial charge < -0.3 is 5.32 Å². The number of anilines is 1. The number of amides is 1. The number of nitrogens with one attached hydrogen (secondary N) is 1. The van der Waals surface area contributed by atoms with Crippen molar-refractivity contribution in [1.82, 2.24) is 0 Å². The number of ketones is 1. The fraction of sp³-hybridized carbons (Fsp3) is 0.273. The maximum atomic E-state index is 11.5. The Morgan fingerprint density at radius 2 is 2.00 bits per heavy atom. The maximum Gasteiger partial charge on any atom is 0.296 e. The van der Waals surface area contributed by atoms with E-state index < -0.39 is 11.7 Å². The van der Waals surface area contributed by atoms with Crippen molar-refractivity contribution in [2.45, 2.75) is 20.3 Å². The van der Waals surface area contributed by atoms with Crippen molar-refractivity contribution in [2.75, 3.05) is 5.32 Å². The minimum atomic E-state index is -0.510. The molecule has 1 amide bonds. The van der Waals surface area contributed by atoms with E-state index in [1.165, 1.54) is 0 Å². The molecule has 0 unspecified atom stereocenters. The lowest BCUT2D eigenvalue weighted by atomic mass is 9.99. The van der Waals surface area contributed by atoms with E-state index in [0.29, 0.717) is 11.3 Å². The molecule has 14 heavy (non-hydrogen) atoms. The first-order valence-corrected chi connectivity index (χ1v) is 4.63. The molecule has 2 rings (SSSR count). The Bertz CT molecular complexity index is 435. The van der Waals surface area contributed by atoms with Crippen molar-refractivity contribution in [1.29, 1.82) is 0 Å². The second-order valence-corrected chi connectivity index (χ2v) is 3.43. The van der Waals surface area contributed by atoms with Gasteiger partial charge in [-0.25, -0.2) is 0 Å². The summed E-state index contributed by atoms with van der Waals surface area (Å²) in [5.41, 5.74) is 3.14. The third-order valence-electron chi connectivity index (χ3n) is 2.55. The van der Waals surface area contributed by atoms with Gasteiger partial charge in [-0.2, -0.15) is 0 Å². The molecule has 0 spiro atoms. The van der Waals surface area contributed by atoms with Crippen molar-refractivity contribution in [3.8, 4) is 0 Å². The van der Waals surface area contributed by atoms with Gasteiger partial charge in [0.05, 0.1) is 11.3 Å². The SMILES string of the molecule is CCc1ccc(C)c2c1C(=O)C(=O)N2. The fourth-order valence-electron chi connectivity index (χ4n) is 1.75. The first-order valence-electron chi connectivity index (χ1n) is 4.63. The summed E-state index contributed by atoms with van der Waals surface area (Å²) in [5.74, 6) is -0.912. The molecular formula is C11H11NO2. The van der Waals surface area contributed by atoms with Crippen molar-refractivity contribution in [3.05, 3.63) is 28.8 Å². The van der Waals surface area contributed by atoms with Crippen LogP contribution in [0.3, 0.4) is 0 Å². The summed E-state index contributed by atoms with van der Waals surface area (Å²) < 4.78 is 0. The van der Waals surface area contributed by atoms with E-state index in [4.69, 9.17) is 0 Å². The molecule has 0 aromatic heterocycles. The Morgan fingerprint density at radius 1 is 1.29 bits per heavy atom. The van der Waals surface area contributed by atoms with E-state index in [-0.39, 0.29) is 0 Å². The lowest BCUT2D eigenvalue weighted by Crippen LogP contribution is -2.13. The smallest absolute Gasteiger partial charge is 0.296 e. The molecule has 0 bridgehead atoms. The highest BCUT2D eigenvalue weighted by atomic mass is 16.2. The quantitative estimate of drug-likeness (QED) is 0.683. The maximum absolute atomic E-state index is 11.5. The van der Waals surface area contributed by atoms with Crippen LogP contribution in [0, 0.1) is 6.92 Å². The van der Waals surface area contributed by atoms with Crippen LogP contribution in [0.1, 0.15) is 28.4 Å². The Kier molecular flexibility index (Phi) is 1.88. The molecule has 0 aliphatic carbocycles. The van der Waals surface area contributed by atoms with Gasteiger partial charge in [-0.15, -0.1) is 0 Å². The summed E-state index contributed by atoms with van der Waals surface area (Å²) in [6.07, 6.45) is 0.767. The molecular weight excluding hydrogens is 178 g/mol. The van der Waals surface area contributed by atoms with Gasteiger partial charge in [0, 0.05) is 0 Å². The topological polar surface area (TPSA) is 46.2 Å². The van der Waals surface area contributed by atoms with Crippen LogP contribution in [0.5, 0.6) is 0 Å². The summed E-state index contributed by atoms with van der Waals surface area (Å²) in [6.45, 7) is 3.86. The first kappa shape index (κ1) is 8.94. The van der Waals surface area contributed by atoms with E-state index >= 15 is 0 Å². The van der Waals surface area contributed by atoms with Crippen molar-refractivity contribution >= 4 is 17.4 Å². The Hall–Kier alpha value is -1.64. The van der Waals surface area contributed by atoms with E-state index in [1.807, 2.05) is 26.0 Å². The number of Topliss-reactive ketones (excluding diaryl/α,β-unsaturated/α-hetero) is 1. The number of benzene rings is 1. The predicted octanol–water partition coefficient (Wildman–Crippen LogP) is 1.69. The summed E-state index contributed by atoms with van der Waals surface area (Å²) in [7, 11) is 0. The molecule has 0 saturated carbocycles. The molecule has 72 valence electrons. The zero-order valence-corrected chi connectivity index (χ0v) is 8.18. The molecule has 1 aromatic carbocycles. The number of aryl methyl sites for hydroxylation is 2. The predicted molar refractivity (Wildman–Crippen MR) is 53.5 cm³/mol. The second kappa shape index (κ2) is 2.94. The highest BCUT2D eigenvalue weighted by Crippen LogP contribution is 2.30. The van der Waals surface area contributed by atoms with E-state index in [2.05, 4.69) is 5.32 Å². The minimum Gasteiger partial charge on any atom is -0.318 e. The van der Waals surface area contributed by atoms with Gasteiger partial charge in [-0.05, 0) is 24.5 Å². The van der Waals surface area contributed by atoms with Gasteiger partial charge >= 0.3 is 0 Å². The van der Waals surface area contributed by atoms with Gasteiger partial charge in [0.1, 0.15) is 0 Å². The Labute approximate surface area is 82.1 Å². The van der Waals surface area contributed by atoms with Gasteiger partial charge in [-0.3, -0.25) is 9.59 Å². The number of hydrogen-bond acceptors (Lipinski definition) is 2. The summed E-state index contributed by atoms with van der Waals surface area (Å²) >= 11 is 0. The van der Waals surface area contributed by atoms with Crippen LogP contribution in [0.25, 0.3) is 0 Å². The molecule has 3 nitrogen and oxygen atoms in total. The lowest BCUT2D eigenvalue weighted by molar-refractivity contribution is -0.112. The molecule has 1 aromatic rings. The lowest BCUT2D eigenvalue weighted by Gasteiger charge is -2.06. The van der Waals surface area contributed by atoms with Gasteiger partial charge in [-0.1, -0.05) is 19.1 Å². The zero-order valence-electron chi connectivity index (χ0n) is 8.18. The highest BCUT2D eigenvalue weighted by Gasteiger charge is 2.30. The number of fused-ring (bicyclic) bond motifs is 1. The van der Waals surface area contributed by atoms with Crippen molar-refractivity contribution in [2.24, 2.45) is 0 Å². The van der Waals surface area contributed by atoms with E-state index in [0.717, 1.165) is 17.5 Å². The Balaban J connectivity index is 2.71. The van der Waals surface area contributed by atoms with Crippen molar-refractivity contribution < 1.29 is 9.59 Å². The number of carbonyl (C=O) groups is 2. The molecule has 3 heteroatoms. The number of hydrogen-bond donors (Lipinski definition) is 1. The largest absolute Gasteiger partial charge is 0.318 e. The van der Waals surface area contributed by atoms with Crippen molar-refractivity contribution in [3.63, 3.8) is 0 Å². The Morgan fingerprint density at radius 3 is 2.64 bits per heavy atom. The van der Waals surface area contributed by atoms with Crippen LogP contribution in [0.4, 0.5) is 5.69 Å². The van der Waals surface area contributed by atoms with Crippen LogP contribution in [-0.2, 0) is 11.2 Å². The first-order chi connectivity index (χ1) is 6.65. The average Bonchev–Trinajstić information content (AvgIpc) is 2.47. The molecule has 1 aliphatic rings. The van der Waals surface area contributed by atoms with Gasteiger partial charge in [0.25, 0.3) is 11.7 Å². The van der Waals surface area contributed by atoms with Crippen LogP contribution in [-0.4, -0.2) is 11.7 Å². The summed E-state index contributed by atoms with van der Waals surface area (Å²) in [4.78, 5) is 22.7. The van der Waals surface area contributed by atoms with E-state index in [9.17, 15) is 9.59 Å². The van der Waals surface area contributed by atoms with Crippen LogP contribution in [0.15, 0.2) is 12.1 Å². The molecule has 1 N–H and O–H groups in total. The normalized spacial score (nSPS) is 14.1. The minimum absolute atomic E-state index is 0.402. The summed E-state index contributed by atoms with van der Waals surface area (Å²) in [6, 6.07) is 3.84. The van der Waals surface area contributed by atoms with E-state index in [1.54, 1.807) is 0 Å². The molecule has 0 saturated heterocycles. The van der Waals surface area contributed by atoms with Gasteiger partial charge in [0.2, 0.25) is 0 Å². The molecule has 0 atom stereocenters.